The summed E-state index contributed by atoms with van der Waals surface area (Å²) in [6.45, 7) is -4.16. The van der Waals surface area contributed by atoms with Crippen LogP contribution < -0.4 is 5.32 Å². The molecule has 0 spiro atoms. The van der Waals surface area contributed by atoms with Crippen molar-refractivity contribution in [3.05, 3.63) is 0 Å². The lowest BCUT2D eigenvalue weighted by Crippen LogP contribution is -2.46. The summed E-state index contributed by atoms with van der Waals surface area (Å²) in [5.41, 5.74) is 0. The Morgan fingerprint density at radius 3 is 1.62 bits per heavy atom. The number of aliphatic imine (C=N–C) groups is 1. The molecule has 2 nitrogen and oxygen atoms in total. The number of halogens is 10. The van der Waals surface area contributed by atoms with Gasteiger partial charge in [0, 0.05) is 0 Å². The Bertz CT molecular complexity index is 372. The zero-order chi connectivity index (χ0) is 17.1. The Balaban J connectivity index is 4.79. The molecule has 0 aliphatic heterocycles. The summed E-state index contributed by atoms with van der Waals surface area (Å²) in [4.78, 5) is 2.66. The van der Waals surface area contributed by atoms with Crippen LogP contribution in [0.5, 0.6) is 0 Å². The molecule has 0 saturated carbocycles. The van der Waals surface area contributed by atoms with Gasteiger partial charge in [-0.15, -0.1) is 0 Å². The first kappa shape index (κ1) is 20.1. The monoisotopic (exact) mass is 354 g/mol. The summed E-state index contributed by atoms with van der Waals surface area (Å²) in [6.07, 6.45) is -10.8. The minimum Gasteiger partial charge on any atom is -0.359 e. The molecule has 0 aliphatic carbocycles. The Labute approximate surface area is 116 Å². The van der Waals surface area contributed by atoms with E-state index in [2.05, 4.69) is 4.99 Å². The number of alkyl halides is 10. The fourth-order valence-corrected chi connectivity index (χ4v) is 1.15. The van der Waals surface area contributed by atoms with Gasteiger partial charge in [-0.2, -0.15) is 43.9 Å². The van der Waals surface area contributed by atoms with Crippen molar-refractivity contribution in [3.8, 4) is 0 Å². The molecule has 0 amide bonds. The van der Waals surface area contributed by atoms with Crippen molar-refractivity contribution in [2.24, 2.45) is 4.99 Å². The lowest BCUT2D eigenvalue weighted by atomic mass is 10.3. The van der Waals surface area contributed by atoms with E-state index in [-0.39, 0.29) is 0 Å². The van der Waals surface area contributed by atoms with E-state index in [4.69, 9.17) is 0 Å². The molecule has 0 unspecified atom stereocenters. The number of thioether (sulfide) groups is 1. The van der Waals surface area contributed by atoms with Crippen molar-refractivity contribution in [2.45, 2.75) is 24.2 Å². The number of hydrogen-bond donors (Lipinski definition) is 1. The molecule has 21 heavy (non-hydrogen) atoms. The molecule has 1 N–H and O–H groups in total. The second-order valence-corrected chi connectivity index (χ2v) is 4.38. The van der Waals surface area contributed by atoms with E-state index in [0.29, 0.717) is 11.8 Å². The van der Waals surface area contributed by atoms with Crippen LogP contribution in [0.2, 0.25) is 0 Å². The maximum Gasteiger partial charge on any atom is 0.455 e. The average Bonchev–Trinajstić information content (AvgIpc) is 2.26. The summed E-state index contributed by atoms with van der Waals surface area (Å²) in [5, 5.41) is 0.482. The zero-order valence-corrected chi connectivity index (χ0v) is 10.9. The van der Waals surface area contributed by atoms with E-state index < -0.39 is 42.5 Å². The molecule has 13 heteroatoms. The predicted molar refractivity (Wildman–Crippen MR) is 55.8 cm³/mol. The molecule has 0 aromatic heterocycles. The van der Waals surface area contributed by atoms with Crippen LogP contribution in [0.4, 0.5) is 43.9 Å². The molecule has 0 aromatic carbocycles. The van der Waals surface area contributed by atoms with Gasteiger partial charge >= 0.3 is 24.2 Å². The minimum atomic E-state index is -5.91. The molecular formula is C8H8F10N2S. The number of rotatable bonds is 4. The molecule has 0 atom stereocenters. The van der Waals surface area contributed by atoms with E-state index in [0.717, 1.165) is 6.26 Å². The Morgan fingerprint density at radius 1 is 0.857 bits per heavy atom. The van der Waals surface area contributed by atoms with Crippen molar-refractivity contribution in [1.29, 1.82) is 0 Å². The number of nitrogens with zero attached hydrogens (tertiary/aromatic N) is 1. The highest BCUT2D eigenvalue weighted by atomic mass is 32.2. The standard InChI is InChI=1S/C8H8F10N2S/c1-21-4(19-2-5(9,10)7(13,14)15)20-3-6(11,12)8(16,17)18/h2-3H2,1H3,(H,19,20). The second kappa shape index (κ2) is 6.48. The number of nitrogens with one attached hydrogen (secondary N) is 1. The van der Waals surface area contributed by atoms with Crippen molar-refractivity contribution >= 4 is 16.9 Å². The zero-order valence-electron chi connectivity index (χ0n) is 10.0. The molecular weight excluding hydrogens is 346 g/mol. The lowest BCUT2D eigenvalue weighted by molar-refractivity contribution is -0.278. The molecule has 0 fully saturated rings. The summed E-state index contributed by atoms with van der Waals surface area (Å²) >= 11 is 0.310. The Morgan fingerprint density at radius 2 is 1.29 bits per heavy atom. The maximum absolute atomic E-state index is 12.5. The van der Waals surface area contributed by atoms with E-state index in [1.165, 1.54) is 5.32 Å². The Kier molecular flexibility index (Phi) is 6.21. The van der Waals surface area contributed by atoms with Crippen molar-refractivity contribution in [1.82, 2.24) is 5.32 Å². The van der Waals surface area contributed by atoms with Gasteiger partial charge in [0.25, 0.3) is 0 Å². The highest BCUT2D eigenvalue weighted by Crippen LogP contribution is 2.36. The van der Waals surface area contributed by atoms with Crippen LogP contribution in [0, 0.1) is 0 Å². The normalized spacial score (nSPS) is 15.3. The number of amidine groups is 1. The van der Waals surface area contributed by atoms with Crippen LogP contribution in [-0.4, -0.2) is 48.7 Å². The molecule has 0 aromatic rings. The lowest BCUT2D eigenvalue weighted by Gasteiger charge is -2.21. The van der Waals surface area contributed by atoms with E-state index in [1.807, 2.05) is 0 Å². The average molecular weight is 354 g/mol. The third kappa shape index (κ3) is 5.79. The SMILES string of the molecule is CSC(=NCC(F)(F)C(F)(F)F)NCC(F)(F)C(F)(F)F. The highest BCUT2D eigenvalue weighted by Gasteiger charge is 2.58. The van der Waals surface area contributed by atoms with Gasteiger partial charge in [-0.05, 0) is 6.26 Å². The van der Waals surface area contributed by atoms with Gasteiger partial charge in [0.15, 0.2) is 5.17 Å². The molecule has 0 saturated heterocycles. The molecule has 0 radical (unpaired) electrons. The van der Waals surface area contributed by atoms with Gasteiger partial charge in [0.2, 0.25) is 0 Å². The van der Waals surface area contributed by atoms with Gasteiger partial charge < -0.3 is 5.32 Å². The quantitative estimate of drug-likeness (QED) is 0.473. The fourth-order valence-electron chi connectivity index (χ4n) is 0.740. The van der Waals surface area contributed by atoms with Crippen LogP contribution in [0.25, 0.3) is 0 Å². The van der Waals surface area contributed by atoms with Crippen LogP contribution in [-0.2, 0) is 0 Å². The van der Waals surface area contributed by atoms with E-state index in [9.17, 15) is 43.9 Å². The van der Waals surface area contributed by atoms with Crippen LogP contribution >= 0.6 is 11.8 Å². The van der Waals surface area contributed by atoms with Gasteiger partial charge in [0.1, 0.15) is 6.54 Å². The first-order valence-electron chi connectivity index (χ1n) is 4.85. The van der Waals surface area contributed by atoms with Crippen LogP contribution in [0.3, 0.4) is 0 Å². The van der Waals surface area contributed by atoms with Crippen LogP contribution in [0.15, 0.2) is 4.99 Å². The molecule has 0 heterocycles. The molecule has 0 rings (SSSR count). The van der Waals surface area contributed by atoms with Gasteiger partial charge in [-0.25, -0.2) is 0 Å². The number of hydrogen-bond acceptors (Lipinski definition) is 2. The third-order valence-corrected chi connectivity index (χ3v) is 2.57. The first-order valence-corrected chi connectivity index (χ1v) is 6.08. The van der Waals surface area contributed by atoms with Gasteiger partial charge in [-0.3, -0.25) is 4.99 Å². The minimum absolute atomic E-state index is 0.310. The summed E-state index contributed by atoms with van der Waals surface area (Å²) in [6, 6.07) is 0. The third-order valence-electron chi connectivity index (χ3n) is 1.91. The van der Waals surface area contributed by atoms with Gasteiger partial charge in [0.05, 0.1) is 6.54 Å². The smallest absolute Gasteiger partial charge is 0.359 e. The maximum atomic E-state index is 12.5. The topological polar surface area (TPSA) is 24.4 Å². The highest BCUT2D eigenvalue weighted by molar-refractivity contribution is 8.13. The Hall–Kier alpha value is -0.880. The molecule has 0 aliphatic rings. The van der Waals surface area contributed by atoms with Crippen LogP contribution in [0.1, 0.15) is 0 Å². The first-order chi connectivity index (χ1) is 9.14. The van der Waals surface area contributed by atoms with E-state index >= 15 is 0 Å². The largest absolute Gasteiger partial charge is 0.455 e. The molecule has 0 bridgehead atoms. The van der Waals surface area contributed by atoms with Crippen molar-refractivity contribution < 1.29 is 43.9 Å². The summed E-state index contributed by atoms with van der Waals surface area (Å²) in [5.74, 6) is -10.4. The molecule has 126 valence electrons. The summed E-state index contributed by atoms with van der Waals surface area (Å²) in [7, 11) is 0. The van der Waals surface area contributed by atoms with Crippen molar-refractivity contribution in [2.75, 3.05) is 19.3 Å². The van der Waals surface area contributed by atoms with Crippen molar-refractivity contribution in [3.63, 3.8) is 0 Å². The fraction of sp³-hybridized carbons (Fsp3) is 0.875. The van der Waals surface area contributed by atoms with Gasteiger partial charge in [-0.1, -0.05) is 11.8 Å². The second-order valence-electron chi connectivity index (χ2n) is 3.58. The van der Waals surface area contributed by atoms with E-state index in [1.54, 1.807) is 0 Å². The predicted octanol–water partition coefficient (Wildman–Crippen LogP) is 3.69. The summed E-state index contributed by atoms with van der Waals surface area (Å²) < 4.78 is 121.